The van der Waals surface area contributed by atoms with Gasteiger partial charge in [0.2, 0.25) is 0 Å². The lowest BCUT2D eigenvalue weighted by Crippen LogP contribution is -2.40. The van der Waals surface area contributed by atoms with Crippen LogP contribution in [0.15, 0.2) is 40.6 Å². The van der Waals surface area contributed by atoms with Gasteiger partial charge in [0.25, 0.3) is 5.91 Å². The van der Waals surface area contributed by atoms with Crippen molar-refractivity contribution >= 4 is 17.2 Å². The monoisotopic (exact) mass is 342 g/mol. The van der Waals surface area contributed by atoms with Gasteiger partial charge in [0.1, 0.15) is 12.0 Å². The first-order valence-electron chi connectivity index (χ1n) is 8.00. The van der Waals surface area contributed by atoms with Crippen molar-refractivity contribution in [1.82, 2.24) is 19.7 Å². The summed E-state index contributed by atoms with van der Waals surface area (Å²) in [5.74, 6) is 0.650. The summed E-state index contributed by atoms with van der Waals surface area (Å²) in [4.78, 5) is 19.1. The Labute approximate surface area is 143 Å². The number of hydrogen-bond acceptors (Lipinski definition) is 5. The molecule has 1 fully saturated rings. The average molecular weight is 342 g/mol. The molecule has 0 N–H and O–H groups in total. The van der Waals surface area contributed by atoms with E-state index in [1.54, 1.807) is 23.6 Å². The zero-order valence-corrected chi connectivity index (χ0v) is 14.2. The SMILES string of the molecule is Cc1nc(-c2cc(C(=O)N3CCC[C@@H](n4cccn4)C3)co2)cs1. The molecule has 0 unspecified atom stereocenters. The highest BCUT2D eigenvalue weighted by atomic mass is 32.1. The van der Waals surface area contributed by atoms with Crippen molar-refractivity contribution in [2.24, 2.45) is 0 Å². The average Bonchev–Trinajstić information content (AvgIpc) is 3.35. The van der Waals surface area contributed by atoms with E-state index in [4.69, 9.17) is 4.42 Å². The van der Waals surface area contributed by atoms with Gasteiger partial charge >= 0.3 is 0 Å². The molecule has 1 amide bonds. The number of amides is 1. The molecule has 24 heavy (non-hydrogen) atoms. The van der Waals surface area contributed by atoms with Crippen LogP contribution in [0.5, 0.6) is 0 Å². The number of carbonyl (C=O) groups is 1. The van der Waals surface area contributed by atoms with Gasteiger partial charge in [0.15, 0.2) is 5.76 Å². The second-order valence-corrected chi connectivity index (χ2v) is 7.05. The number of piperidine rings is 1. The number of thiazole rings is 1. The molecule has 0 saturated carbocycles. The zero-order valence-electron chi connectivity index (χ0n) is 13.4. The number of aromatic nitrogens is 3. The Balaban J connectivity index is 1.50. The van der Waals surface area contributed by atoms with Crippen molar-refractivity contribution in [3.05, 3.63) is 46.7 Å². The summed E-state index contributed by atoms with van der Waals surface area (Å²) in [6.45, 7) is 3.40. The first-order chi connectivity index (χ1) is 11.7. The summed E-state index contributed by atoms with van der Waals surface area (Å²) >= 11 is 1.57. The maximum atomic E-state index is 12.8. The molecule has 7 heteroatoms. The zero-order chi connectivity index (χ0) is 16.5. The van der Waals surface area contributed by atoms with Crippen LogP contribution < -0.4 is 0 Å². The first-order valence-corrected chi connectivity index (χ1v) is 8.88. The van der Waals surface area contributed by atoms with Crippen LogP contribution in [0.25, 0.3) is 11.5 Å². The summed E-state index contributed by atoms with van der Waals surface area (Å²) in [6.07, 6.45) is 7.29. The number of aryl methyl sites for hydroxylation is 1. The highest BCUT2D eigenvalue weighted by Crippen LogP contribution is 2.26. The second kappa shape index (κ2) is 6.24. The van der Waals surface area contributed by atoms with E-state index in [0.29, 0.717) is 17.9 Å². The Morgan fingerprint density at radius 3 is 3.12 bits per heavy atom. The minimum absolute atomic E-state index is 0.00816. The summed E-state index contributed by atoms with van der Waals surface area (Å²) in [6, 6.07) is 3.94. The quantitative estimate of drug-likeness (QED) is 0.732. The van der Waals surface area contributed by atoms with Gasteiger partial charge in [0.05, 0.1) is 16.6 Å². The molecule has 124 valence electrons. The molecule has 3 aromatic rings. The van der Waals surface area contributed by atoms with Gasteiger partial charge < -0.3 is 9.32 Å². The van der Waals surface area contributed by atoms with E-state index < -0.39 is 0 Å². The summed E-state index contributed by atoms with van der Waals surface area (Å²) in [5.41, 5.74) is 1.36. The fourth-order valence-electron chi connectivity index (χ4n) is 3.09. The number of rotatable bonds is 3. The standard InChI is InChI=1S/C17H18N4O2S/c1-12-19-15(11-24-12)16-8-13(10-23-16)17(22)20-6-2-4-14(9-20)21-7-3-5-18-21/h3,5,7-8,10-11,14H,2,4,6,9H2,1H3/t14-/m1/s1. The summed E-state index contributed by atoms with van der Waals surface area (Å²) in [7, 11) is 0. The van der Waals surface area contributed by atoms with Gasteiger partial charge in [-0.2, -0.15) is 5.10 Å². The van der Waals surface area contributed by atoms with E-state index in [1.165, 1.54) is 6.26 Å². The minimum Gasteiger partial charge on any atom is -0.462 e. The van der Waals surface area contributed by atoms with Gasteiger partial charge in [-0.1, -0.05) is 0 Å². The molecule has 4 heterocycles. The Kier molecular flexibility index (Phi) is 3.93. The van der Waals surface area contributed by atoms with Crippen molar-refractivity contribution < 1.29 is 9.21 Å². The van der Waals surface area contributed by atoms with Gasteiger partial charge in [-0.15, -0.1) is 11.3 Å². The third-order valence-electron chi connectivity index (χ3n) is 4.30. The third kappa shape index (κ3) is 2.87. The van der Waals surface area contributed by atoms with Crippen LogP contribution in [0, 0.1) is 6.92 Å². The largest absolute Gasteiger partial charge is 0.462 e. The van der Waals surface area contributed by atoms with Crippen LogP contribution in [0.4, 0.5) is 0 Å². The van der Waals surface area contributed by atoms with E-state index >= 15 is 0 Å². The van der Waals surface area contributed by atoms with E-state index in [9.17, 15) is 4.79 Å². The van der Waals surface area contributed by atoms with Crippen LogP contribution in [0.1, 0.15) is 34.2 Å². The van der Waals surface area contributed by atoms with E-state index in [2.05, 4.69) is 10.1 Å². The van der Waals surface area contributed by atoms with Crippen molar-refractivity contribution in [2.45, 2.75) is 25.8 Å². The molecular formula is C17H18N4O2S. The summed E-state index contributed by atoms with van der Waals surface area (Å²) in [5, 5.41) is 7.23. The maximum Gasteiger partial charge on any atom is 0.257 e. The predicted molar refractivity (Wildman–Crippen MR) is 91.0 cm³/mol. The van der Waals surface area contributed by atoms with Crippen LogP contribution in [-0.2, 0) is 0 Å². The summed E-state index contributed by atoms with van der Waals surface area (Å²) < 4.78 is 7.50. The number of furan rings is 1. The Morgan fingerprint density at radius 2 is 2.38 bits per heavy atom. The number of carbonyl (C=O) groups excluding carboxylic acids is 1. The number of nitrogens with zero attached hydrogens (tertiary/aromatic N) is 4. The molecule has 0 bridgehead atoms. The van der Waals surface area contributed by atoms with Crippen molar-refractivity contribution in [1.29, 1.82) is 0 Å². The second-order valence-electron chi connectivity index (χ2n) is 5.98. The minimum atomic E-state index is 0.00816. The van der Waals surface area contributed by atoms with Crippen LogP contribution in [-0.4, -0.2) is 38.7 Å². The first kappa shape index (κ1) is 15.1. The fourth-order valence-corrected chi connectivity index (χ4v) is 3.70. The van der Waals surface area contributed by atoms with Gasteiger partial charge in [0, 0.05) is 30.9 Å². The number of hydrogen-bond donors (Lipinski definition) is 0. The van der Waals surface area contributed by atoms with Gasteiger partial charge in [-0.25, -0.2) is 4.98 Å². The Bertz CT molecular complexity index is 837. The van der Waals surface area contributed by atoms with Gasteiger partial charge in [-0.05, 0) is 31.9 Å². The molecule has 1 aliphatic rings. The van der Waals surface area contributed by atoms with Crippen LogP contribution in [0.3, 0.4) is 0 Å². The fraction of sp³-hybridized carbons (Fsp3) is 0.353. The number of likely N-dealkylation sites (tertiary alicyclic amines) is 1. The molecule has 1 aliphatic heterocycles. The molecule has 6 nitrogen and oxygen atoms in total. The Morgan fingerprint density at radius 1 is 1.46 bits per heavy atom. The lowest BCUT2D eigenvalue weighted by molar-refractivity contribution is 0.0672. The molecule has 4 rings (SSSR count). The molecular weight excluding hydrogens is 324 g/mol. The predicted octanol–water partition coefficient (Wildman–Crippen LogP) is 3.39. The lowest BCUT2D eigenvalue weighted by Gasteiger charge is -2.32. The molecule has 0 aromatic carbocycles. The van der Waals surface area contributed by atoms with Crippen molar-refractivity contribution in [3.8, 4) is 11.5 Å². The molecule has 1 atom stereocenters. The molecule has 1 saturated heterocycles. The van der Waals surface area contributed by atoms with Gasteiger partial charge in [-0.3, -0.25) is 9.48 Å². The van der Waals surface area contributed by atoms with Crippen molar-refractivity contribution in [3.63, 3.8) is 0 Å². The molecule has 3 aromatic heterocycles. The molecule has 0 radical (unpaired) electrons. The highest BCUT2D eigenvalue weighted by Gasteiger charge is 2.26. The van der Waals surface area contributed by atoms with E-state index in [-0.39, 0.29) is 11.9 Å². The van der Waals surface area contributed by atoms with Crippen molar-refractivity contribution in [2.75, 3.05) is 13.1 Å². The third-order valence-corrected chi connectivity index (χ3v) is 5.07. The van der Waals surface area contributed by atoms with E-state index in [1.807, 2.05) is 34.1 Å². The van der Waals surface area contributed by atoms with E-state index in [0.717, 1.165) is 30.1 Å². The Hall–Kier alpha value is -2.41. The van der Waals surface area contributed by atoms with Crippen LogP contribution >= 0.6 is 11.3 Å². The highest BCUT2D eigenvalue weighted by molar-refractivity contribution is 7.09. The maximum absolute atomic E-state index is 12.8. The molecule has 0 spiro atoms. The lowest BCUT2D eigenvalue weighted by atomic mass is 10.1. The smallest absolute Gasteiger partial charge is 0.257 e. The van der Waals surface area contributed by atoms with Crippen LogP contribution in [0.2, 0.25) is 0 Å². The normalized spacial score (nSPS) is 18.0. The molecule has 0 aliphatic carbocycles. The topological polar surface area (TPSA) is 64.2 Å².